The van der Waals surface area contributed by atoms with Crippen molar-refractivity contribution in [3.05, 3.63) is 23.2 Å². The van der Waals surface area contributed by atoms with Gasteiger partial charge in [-0.15, -0.1) is 0 Å². The van der Waals surface area contributed by atoms with E-state index in [4.69, 9.17) is 9.15 Å². The molecule has 23 heavy (non-hydrogen) atoms. The van der Waals surface area contributed by atoms with E-state index in [-0.39, 0.29) is 6.54 Å². The molecular formula is C17H31N3O3. The Balaban J connectivity index is 2.62. The van der Waals surface area contributed by atoms with Crippen LogP contribution in [0.4, 0.5) is 0 Å². The third kappa shape index (κ3) is 6.62. The van der Waals surface area contributed by atoms with Gasteiger partial charge in [0, 0.05) is 31.9 Å². The molecule has 0 bridgehead atoms. The molecule has 0 fully saturated rings. The minimum absolute atomic E-state index is 0.258. The number of rotatable bonds is 9. The van der Waals surface area contributed by atoms with Gasteiger partial charge in [-0.25, -0.2) is 4.99 Å². The van der Waals surface area contributed by atoms with Gasteiger partial charge in [-0.3, -0.25) is 0 Å². The molecule has 132 valence electrons. The number of aliphatic hydroxyl groups is 1. The highest BCUT2D eigenvalue weighted by Gasteiger charge is 2.27. The quantitative estimate of drug-likeness (QED) is 0.368. The zero-order valence-electron chi connectivity index (χ0n) is 15.0. The van der Waals surface area contributed by atoms with Gasteiger partial charge in [-0.1, -0.05) is 0 Å². The smallest absolute Gasteiger partial charge is 0.191 e. The fraction of sp³-hybridized carbons (Fsp3) is 0.706. The van der Waals surface area contributed by atoms with Crippen LogP contribution in [0.2, 0.25) is 0 Å². The lowest BCUT2D eigenvalue weighted by Gasteiger charge is -2.21. The van der Waals surface area contributed by atoms with Crippen LogP contribution in [-0.2, 0) is 10.3 Å². The molecule has 0 aromatic carbocycles. The minimum Gasteiger partial charge on any atom is -0.466 e. The first kappa shape index (κ1) is 19.5. The van der Waals surface area contributed by atoms with E-state index in [2.05, 4.69) is 15.6 Å². The van der Waals surface area contributed by atoms with Crippen molar-refractivity contribution in [3.8, 4) is 0 Å². The maximum absolute atomic E-state index is 10.7. The molecule has 0 spiro atoms. The van der Waals surface area contributed by atoms with Crippen LogP contribution < -0.4 is 10.6 Å². The predicted octanol–water partition coefficient (Wildman–Crippen LogP) is 2.09. The molecule has 1 heterocycles. The summed E-state index contributed by atoms with van der Waals surface area (Å²) in [6, 6.07) is 1.87. The largest absolute Gasteiger partial charge is 0.466 e. The van der Waals surface area contributed by atoms with Gasteiger partial charge in [0.15, 0.2) is 5.96 Å². The Morgan fingerprint density at radius 3 is 2.65 bits per heavy atom. The molecule has 1 rings (SSSR count). The monoisotopic (exact) mass is 325 g/mol. The lowest BCUT2D eigenvalue weighted by atomic mass is 9.96. The van der Waals surface area contributed by atoms with Crippen LogP contribution in [-0.4, -0.2) is 43.9 Å². The SMILES string of the molecule is CCNC(=NCC(C)(O)c1cc(C)oc1C)NCCCOCC. The summed E-state index contributed by atoms with van der Waals surface area (Å²) in [6.45, 7) is 12.8. The molecule has 1 unspecified atom stereocenters. The van der Waals surface area contributed by atoms with Crippen molar-refractivity contribution in [2.45, 2.75) is 46.6 Å². The van der Waals surface area contributed by atoms with Crippen molar-refractivity contribution in [1.29, 1.82) is 0 Å². The summed E-state index contributed by atoms with van der Waals surface area (Å²) in [5.41, 5.74) is -0.277. The molecule has 0 saturated carbocycles. The van der Waals surface area contributed by atoms with E-state index in [1.165, 1.54) is 0 Å². The molecule has 3 N–H and O–H groups in total. The highest BCUT2D eigenvalue weighted by Crippen LogP contribution is 2.27. The third-order valence-electron chi connectivity index (χ3n) is 3.47. The van der Waals surface area contributed by atoms with E-state index in [0.29, 0.717) is 5.96 Å². The van der Waals surface area contributed by atoms with Crippen molar-refractivity contribution < 1.29 is 14.3 Å². The van der Waals surface area contributed by atoms with Crippen molar-refractivity contribution >= 4 is 5.96 Å². The molecule has 0 aliphatic heterocycles. The van der Waals surface area contributed by atoms with Crippen molar-refractivity contribution in [2.24, 2.45) is 4.99 Å². The van der Waals surface area contributed by atoms with E-state index in [1.54, 1.807) is 6.92 Å². The fourth-order valence-corrected chi connectivity index (χ4v) is 2.35. The summed E-state index contributed by atoms with van der Waals surface area (Å²) in [5.74, 6) is 2.22. The van der Waals surface area contributed by atoms with Gasteiger partial charge in [0.05, 0.1) is 6.54 Å². The zero-order chi connectivity index (χ0) is 17.3. The maximum atomic E-state index is 10.7. The summed E-state index contributed by atoms with van der Waals surface area (Å²) in [7, 11) is 0. The standard InChI is InChI=1S/C17H31N3O3/c1-6-18-16(19-9-8-10-22-7-2)20-12-17(5,21)15-11-13(3)23-14(15)4/h11,21H,6-10,12H2,1-5H3,(H2,18,19,20). The van der Waals surface area contributed by atoms with Crippen LogP contribution in [0.3, 0.4) is 0 Å². The molecule has 0 amide bonds. The molecule has 1 aromatic rings. The van der Waals surface area contributed by atoms with Gasteiger partial charge in [0.1, 0.15) is 17.1 Å². The second-order valence-electron chi connectivity index (χ2n) is 5.77. The predicted molar refractivity (Wildman–Crippen MR) is 92.8 cm³/mol. The number of furan rings is 1. The van der Waals surface area contributed by atoms with Crippen LogP contribution in [0.1, 0.15) is 44.3 Å². The number of aryl methyl sites for hydroxylation is 2. The van der Waals surface area contributed by atoms with Crippen LogP contribution in [0.25, 0.3) is 0 Å². The van der Waals surface area contributed by atoms with Crippen molar-refractivity contribution in [2.75, 3.05) is 32.8 Å². The van der Waals surface area contributed by atoms with Crippen LogP contribution in [0.15, 0.2) is 15.5 Å². The molecule has 0 saturated heterocycles. The lowest BCUT2D eigenvalue weighted by molar-refractivity contribution is 0.0657. The van der Waals surface area contributed by atoms with Crippen LogP contribution >= 0.6 is 0 Å². The van der Waals surface area contributed by atoms with Gasteiger partial charge in [0.2, 0.25) is 0 Å². The summed E-state index contributed by atoms with van der Waals surface area (Å²) in [5, 5.41) is 17.1. The molecule has 0 aliphatic carbocycles. The maximum Gasteiger partial charge on any atom is 0.191 e. The van der Waals surface area contributed by atoms with E-state index < -0.39 is 5.60 Å². The Bertz CT molecular complexity index is 495. The normalized spacial score (nSPS) is 14.6. The number of guanidine groups is 1. The highest BCUT2D eigenvalue weighted by atomic mass is 16.5. The van der Waals surface area contributed by atoms with Crippen molar-refractivity contribution in [1.82, 2.24) is 10.6 Å². The topological polar surface area (TPSA) is 79.0 Å². The number of hydrogen-bond acceptors (Lipinski definition) is 4. The number of ether oxygens (including phenoxy) is 1. The first-order valence-corrected chi connectivity index (χ1v) is 8.30. The minimum atomic E-state index is -1.06. The Morgan fingerprint density at radius 2 is 2.09 bits per heavy atom. The van der Waals surface area contributed by atoms with Gasteiger partial charge in [-0.2, -0.15) is 0 Å². The Kier molecular flexibility index (Phi) is 8.12. The third-order valence-corrected chi connectivity index (χ3v) is 3.47. The van der Waals surface area contributed by atoms with Crippen LogP contribution in [0.5, 0.6) is 0 Å². The summed E-state index contributed by atoms with van der Waals surface area (Å²) in [4.78, 5) is 4.49. The second kappa shape index (κ2) is 9.57. The average molecular weight is 325 g/mol. The van der Waals surface area contributed by atoms with E-state index in [0.717, 1.165) is 49.8 Å². The Hall–Kier alpha value is -1.53. The molecule has 6 heteroatoms. The zero-order valence-corrected chi connectivity index (χ0v) is 15.0. The van der Waals surface area contributed by atoms with Crippen molar-refractivity contribution in [3.63, 3.8) is 0 Å². The Morgan fingerprint density at radius 1 is 1.35 bits per heavy atom. The van der Waals surface area contributed by atoms with E-state index >= 15 is 0 Å². The highest BCUT2D eigenvalue weighted by molar-refractivity contribution is 5.79. The van der Waals surface area contributed by atoms with Gasteiger partial charge in [-0.05, 0) is 47.1 Å². The fourth-order valence-electron chi connectivity index (χ4n) is 2.35. The second-order valence-corrected chi connectivity index (χ2v) is 5.77. The summed E-state index contributed by atoms with van der Waals surface area (Å²) >= 11 is 0. The number of nitrogens with zero attached hydrogens (tertiary/aromatic N) is 1. The molecule has 1 atom stereocenters. The van der Waals surface area contributed by atoms with Gasteiger partial charge >= 0.3 is 0 Å². The number of nitrogens with one attached hydrogen (secondary N) is 2. The summed E-state index contributed by atoms with van der Waals surface area (Å²) in [6.07, 6.45) is 0.911. The number of hydrogen-bond donors (Lipinski definition) is 3. The number of aliphatic imine (C=N–C) groups is 1. The van der Waals surface area contributed by atoms with Crippen LogP contribution in [0, 0.1) is 13.8 Å². The average Bonchev–Trinajstić information content (AvgIpc) is 2.84. The molecule has 0 aliphatic rings. The summed E-state index contributed by atoms with van der Waals surface area (Å²) < 4.78 is 10.8. The molecule has 1 aromatic heterocycles. The van der Waals surface area contributed by atoms with E-state index in [9.17, 15) is 5.11 Å². The van der Waals surface area contributed by atoms with E-state index in [1.807, 2.05) is 33.8 Å². The molecule has 0 radical (unpaired) electrons. The first-order chi connectivity index (χ1) is 10.9. The first-order valence-electron chi connectivity index (χ1n) is 8.30. The Labute approximate surface area is 139 Å². The molecule has 6 nitrogen and oxygen atoms in total. The van der Waals surface area contributed by atoms with Gasteiger partial charge in [0.25, 0.3) is 0 Å². The molecular weight excluding hydrogens is 294 g/mol. The lowest BCUT2D eigenvalue weighted by Crippen LogP contribution is -2.39. The van der Waals surface area contributed by atoms with Gasteiger partial charge < -0.3 is 24.9 Å².